The lowest BCUT2D eigenvalue weighted by atomic mass is 9.85. The van der Waals surface area contributed by atoms with Gasteiger partial charge >= 0.3 is 0 Å². The molecule has 0 saturated carbocycles. The first kappa shape index (κ1) is 26.4. The van der Waals surface area contributed by atoms with E-state index in [4.69, 9.17) is 4.98 Å². The van der Waals surface area contributed by atoms with Crippen molar-refractivity contribution in [2.24, 2.45) is 0 Å². The highest BCUT2D eigenvalue weighted by molar-refractivity contribution is 7.84. The summed E-state index contributed by atoms with van der Waals surface area (Å²) in [5.74, 6) is 0.877. The van der Waals surface area contributed by atoms with E-state index in [0.717, 1.165) is 71.9 Å². The average molecular weight is 553 g/mol. The number of anilines is 2. The highest BCUT2D eigenvalue weighted by Gasteiger charge is 2.56. The molecular weight excluding hydrogens is 520 g/mol. The molecule has 38 heavy (non-hydrogen) atoms. The predicted octanol–water partition coefficient (Wildman–Crippen LogP) is 4.29. The Kier molecular flexibility index (Phi) is 7.85. The molecule has 6 rings (SSSR count). The molecule has 3 aliphatic rings. The Bertz CT molecular complexity index is 1370. The van der Waals surface area contributed by atoms with Crippen molar-refractivity contribution in [2.45, 2.75) is 62.4 Å². The Morgan fingerprint density at radius 2 is 2.00 bits per heavy atom. The van der Waals surface area contributed by atoms with Crippen molar-refractivity contribution in [3.05, 3.63) is 47.2 Å². The lowest BCUT2D eigenvalue weighted by Crippen LogP contribution is -2.57. The smallest absolute Gasteiger partial charge is 0.228 e. The third-order valence-electron chi connectivity index (χ3n) is 7.08. The molecule has 9 nitrogen and oxygen atoms in total. The topological polar surface area (TPSA) is 117 Å². The summed E-state index contributed by atoms with van der Waals surface area (Å²) in [6.45, 7) is 3.77. The zero-order chi connectivity index (χ0) is 26.7. The normalized spacial score (nSPS) is 21.4. The fourth-order valence-electron chi connectivity index (χ4n) is 5.19. The number of hydrogen-bond donors (Lipinski definition) is 2. The number of aryl methyl sites for hydroxylation is 1. The van der Waals surface area contributed by atoms with Crippen LogP contribution in [0.1, 0.15) is 55.5 Å². The number of β-lactam (4-membered cyclic amide) rings is 1. The molecule has 3 aliphatic heterocycles. The maximum Gasteiger partial charge on any atom is 0.228 e. The number of thiazole rings is 1. The zero-order valence-corrected chi connectivity index (χ0v) is 23.3. The third-order valence-corrected chi connectivity index (χ3v) is 9.14. The van der Waals surface area contributed by atoms with Crippen molar-refractivity contribution >= 4 is 45.6 Å². The predicted molar refractivity (Wildman–Crippen MR) is 149 cm³/mol. The van der Waals surface area contributed by atoms with Crippen molar-refractivity contribution < 1.29 is 13.8 Å². The van der Waals surface area contributed by atoms with E-state index < -0.39 is 10.8 Å². The SMILES string of the molecule is Cc1cc(Nc2nccc(S(C)=O)n2)cc(-c2cnc(C34CCCN3C(=O)C4)s2)c1.O=C1CCCCCN1. The molecule has 2 atom stereocenters. The molecule has 2 unspecified atom stereocenters. The van der Waals surface area contributed by atoms with Gasteiger partial charge in [-0.05, 0) is 61.9 Å². The van der Waals surface area contributed by atoms with Crippen molar-refractivity contribution in [1.29, 1.82) is 0 Å². The van der Waals surface area contributed by atoms with E-state index in [1.165, 1.54) is 6.42 Å². The second kappa shape index (κ2) is 11.3. The maximum absolute atomic E-state index is 12.0. The first-order valence-electron chi connectivity index (χ1n) is 12.9. The molecule has 3 aromatic rings. The molecule has 3 saturated heterocycles. The summed E-state index contributed by atoms with van der Waals surface area (Å²) in [5.41, 5.74) is 2.84. The van der Waals surface area contributed by atoms with Crippen LogP contribution in [0.15, 0.2) is 41.7 Å². The molecule has 0 bridgehead atoms. The van der Waals surface area contributed by atoms with Gasteiger partial charge in [-0.1, -0.05) is 12.5 Å². The Morgan fingerprint density at radius 1 is 1.13 bits per heavy atom. The number of rotatable bonds is 5. The molecule has 0 spiro atoms. The maximum atomic E-state index is 12.0. The first-order valence-corrected chi connectivity index (χ1v) is 15.3. The van der Waals surface area contributed by atoms with Gasteiger partial charge in [0.2, 0.25) is 17.8 Å². The zero-order valence-electron chi connectivity index (χ0n) is 21.7. The van der Waals surface area contributed by atoms with E-state index >= 15 is 0 Å². The molecular formula is C27H32N6O3S2. The lowest BCUT2D eigenvalue weighted by Gasteiger charge is -2.45. The standard InChI is InChI=1S/C21H21N5O2S2.C6H11NO/c1-13-8-14(10-15(9-13)24-20-22-6-4-17(25-20)30(2)28)16-12-23-19(29-16)21-5-3-7-26(21)18(27)11-21;8-6-4-2-1-3-5-7-6/h4,6,8-10,12H,3,5,7,11H2,1-2H3,(H,22,24,25);1-5H2,(H,7,8). The molecule has 2 N–H and O–H groups in total. The Balaban J connectivity index is 0.000000316. The van der Waals surface area contributed by atoms with Crippen LogP contribution in [0.3, 0.4) is 0 Å². The number of amides is 2. The van der Waals surface area contributed by atoms with Gasteiger partial charge in [0.15, 0.2) is 0 Å². The van der Waals surface area contributed by atoms with Crippen LogP contribution < -0.4 is 10.6 Å². The second-order valence-electron chi connectivity index (χ2n) is 9.93. The summed E-state index contributed by atoms with van der Waals surface area (Å²) in [5, 5.41) is 7.55. The number of hydrogen-bond acceptors (Lipinski definition) is 8. The van der Waals surface area contributed by atoms with E-state index in [1.807, 2.05) is 30.2 Å². The number of carbonyl (C=O) groups is 2. The van der Waals surface area contributed by atoms with Gasteiger partial charge in [0.1, 0.15) is 15.6 Å². The average Bonchev–Trinajstić information content (AvgIpc) is 3.44. The van der Waals surface area contributed by atoms with Crippen molar-refractivity contribution in [3.63, 3.8) is 0 Å². The molecule has 5 heterocycles. The summed E-state index contributed by atoms with van der Waals surface area (Å²) < 4.78 is 11.7. The summed E-state index contributed by atoms with van der Waals surface area (Å²) in [6.07, 6.45) is 11.9. The Morgan fingerprint density at radius 3 is 2.82 bits per heavy atom. The van der Waals surface area contributed by atoms with Gasteiger partial charge in [-0.2, -0.15) is 0 Å². The summed E-state index contributed by atoms with van der Waals surface area (Å²) in [6, 6.07) is 7.83. The van der Waals surface area contributed by atoms with Crippen LogP contribution in [0.4, 0.5) is 11.6 Å². The number of benzene rings is 1. The molecule has 2 aromatic heterocycles. The van der Waals surface area contributed by atoms with E-state index in [9.17, 15) is 13.8 Å². The minimum atomic E-state index is -1.16. The highest BCUT2D eigenvalue weighted by atomic mass is 32.2. The molecule has 0 radical (unpaired) electrons. The molecule has 0 aliphatic carbocycles. The number of nitrogens with one attached hydrogen (secondary N) is 2. The fourth-order valence-corrected chi connectivity index (χ4v) is 6.79. The molecule has 3 fully saturated rings. The summed E-state index contributed by atoms with van der Waals surface area (Å²) >= 11 is 1.66. The molecule has 2 amide bonds. The summed E-state index contributed by atoms with van der Waals surface area (Å²) in [7, 11) is -1.16. The highest BCUT2D eigenvalue weighted by Crippen LogP contribution is 2.51. The van der Waals surface area contributed by atoms with Crippen LogP contribution >= 0.6 is 11.3 Å². The van der Waals surface area contributed by atoms with Crippen LogP contribution in [-0.4, -0.2) is 55.2 Å². The van der Waals surface area contributed by atoms with E-state index in [1.54, 1.807) is 29.9 Å². The van der Waals surface area contributed by atoms with Crippen molar-refractivity contribution in [2.75, 3.05) is 24.7 Å². The molecule has 200 valence electrons. The summed E-state index contributed by atoms with van der Waals surface area (Å²) in [4.78, 5) is 38.8. The van der Waals surface area contributed by atoms with Crippen LogP contribution in [0.25, 0.3) is 10.4 Å². The third kappa shape index (κ3) is 5.63. The van der Waals surface area contributed by atoms with Gasteiger partial charge in [0.25, 0.3) is 0 Å². The van der Waals surface area contributed by atoms with Gasteiger partial charge in [0.05, 0.1) is 22.1 Å². The van der Waals surface area contributed by atoms with Gasteiger partial charge < -0.3 is 15.5 Å². The van der Waals surface area contributed by atoms with E-state index in [-0.39, 0.29) is 17.4 Å². The van der Waals surface area contributed by atoms with Gasteiger partial charge in [-0.25, -0.2) is 15.0 Å². The van der Waals surface area contributed by atoms with E-state index in [0.29, 0.717) is 17.4 Å². The van der Waals surface area contributed by atoms with Gasteiger partial charge in [-0.15, -0.1) is 11.3 Å². The molecule has 1 aromatic carbocycles. The van der Waals surface area contributed by atoms with Crippen molar-refractivity contribution in [3.8, 4) is 10.4 Å². The largest absolute Gasteiger partial charge is 0.356 e. The van der Waals surface area contributed by atoms with E-state index in [2.05, 4.69) is 26.7 Å². The Hall–Kier alpha value is -3.18. The monoisotopic (exact) mass is 552 g/mol. The second-order valence-corrected chi connectivity index (χ2v) is 12.3. The number of fused-ring (bicyclic) bond motifs is 1. The number of aromatic nitrogens is 3. The number of nitrogens with zero attached hydrogens (tertiary/aromatic N) is 4. The molecule has 11 heteroatoms. The lowest BCUT2D eigenvalue weighted by molar-refractivity contribution is -0.153. The Labute approximate surface area is 228 Å². The first-order chi connectivity index (χ1) is 18.3. The number of carbonyl (C=O) groups excluding carboxylic acids is 2. The van der Waals surface area contributed by atoms with Crippen molar-refractivity contribution in [1.82, 2.24) is 25.2 Å². The van der Waals surface area contributed by atoms with Gasteiger partial charge in [0, 0.05) is 43.8 Å². The van der Waals surface area contributed by atoms with Crippen LogP contribution in [0.2, 0.25) is 0 Å². The van der Waals surface area contributed by atoms with Gasteiger partial charge in [-0.3, -0.25) is 13.8 Å². The fraction of sp³-hybridized carbons (Fsp3) is 0.444. The minimum Gasteiger partial charge on any atom is -0.356 e. The van der Waals surface area contributed by atoms with Crippen LogP contribution in [0.5, 0.6) is 0 Å². The van der Waals surface area contributed by atoms with Crippen LogP contribution in [0, 0.1) is 6.92 Å². The van der Waals surface area contributed by atoms with Crippen LogP contribution in [-0.2, 0) is 25.9 Å². The minimum absolute atomic E-state index is 0.172. The quantitative estimate of drug-likeness (QED) is 0.358.